The second-order valence-electron chi connectivity index (χ2n) is 8.81. The number of methoxy groups -OCH3 is 1. The molecule has 1 aliphatic heterocycles. The predicted molar refractivity (Wildman–Crippen MR) is 131 cm³/mol. The van der Waals surface area contributed by atoms with Gasteiger partial charge in [0.2, 0.25) is 17.6 Å². The van der Waals surface area contributed by atoms with Gasteiger partial charge in [-0.2, -0.15) is 26.9 Å². The van der Waals surface area contributed by atoms with Crippen molar-refractivity contribution in [2.45, 2.75) is 37.9 Å². The zero-order chi connectivity index (χ0) is 28.6. The zero-order valence-corrected chi connectivity index (χ0v) is 21.4. The van der Waals surface area contributed by atoms with Crippen molar-refractivity contribution < 1.29 is 40.4 Å². The van der Waals surface area contributed by atoms with Gasteiger partial charge < -0.3 is 25.2 Å². The van der Waals surface area contributed by atoms with E-state index in [1.807, 2.05) is 0 Å². The molecule has 214 valence electrons. The highest BCUT2D eigenvalue weighted by atomic mass is 32.1. The number of carbonyl (C=O) groups excluding carboxylic acids is 1. The second-order valence-corrected chi connectivity index (χ2v) is 9.83. The van der Waals surface area contributed by atoms with Crippen molar-refractivity contribution in [3.8, 4) is 16.6 Å². The van der Waals surface area contributed by atoms with E-state index in [0.29, 0.717) is 22.3 Å². The van der Waals surface area contributed by atoms with Crippen LogP contribution in [-0.2, 0) is 13.0 Å². The Morgan fingerprint density at radius 3 is 2.80 bits per heavy atom. The third-order valence-electron chi connectivity index (χ3n) is 6.08. The summed E-state index contributed by atoms with van der Waals surface area (Å²) in [5.74, 6) is -1.44. The van der Waals surface area contributed by atoms with E-state index in [1.54, 1.807) is 12.1 Å². The fraction of sp³-hybridized carbons (Fsp3) is 0.391. The molecule has 2 atom stereocenters. The Bertz CT molecular complexity index is 1520. The second kappa shape index (κ2) is 11.0. The van der Waals surface area contributed by atoms with Crippen LogP contribution in [0.25, 0.3) is 20.8 Å². The molecule has 1 amide bonds. The number of rotatable bonds is 9. The highest BCUT2D eigenvalue weighted by Crippen LogP contribution is 2.43. The van der Waals surface area contributed by atoms with Crippen molar-refractivity contribution in [2.24, 2.45) is 0 Å². The van der Waals surface area contributed by atoms with Gasteiger partial charge in [0.1, 0.15) is 11.7 Å². The van der Waals surface area contributed by atoms with Crippen LogP contribution in [0.3, 0.4) is 0 Å². The molecule has 0 spiro atoms. The van der Waals surface area contributed by atoms with Crippen LogP contribution >= 0.6 is 11.3 Å². The molecule has 1 aliphatic rings. The summed E-state index contributed by atoms with van der Waals surface area (Å²) in [7, 11) is 1.16. The Labute approximate surface area is 225 Å². The molecule has 4 aromatic rings. The lowest BCUT2D eigenvalue weighted by atomic mass is 10.1. The van der Waals surface area contributed by atoms with Crippen LogP contribution in [0.2, 0.25) is 0 Å². The SMILES string of the molecule is COc1nn(C(F)F)cc1C(=O)NCc1nc(-c2sc3c(N[C@@H]4CNC[C@@H]4F)cccc3c2CC(F)(F)F)no1. The minimum Gasteiger partial charge on any atom is -0.479 e. The fourth-order valence-corrected chi connectivity index (χ4v) is 5.50. The summed E-state index contributed by atoms with van der Waals surface area (Å²) in [6.45, 7) is -2.81. The lowest BCUT2D eigenvalue weighted by Gasteiger charge is -2.16. The van der Waals surface area contributed by atoms with E-state index in [-0.39, 0.29) is 51.4 Å². The van der Waals surface area contributed by atoms with Gasteiger partial charge in [0.15, 0.2) is 0 Å². The van der Waals surface area contributed by atoms with Crippen LogP contribution in [-0.4, -0.2) is 64.4 Å². The molecule has 40 heavy (non-hydrogen) atoms. The van der Waals surface area contributed by atoms with Crippen LogP contribution in [0.15, 0.2) is 28.9 Å². The molecule has 1 aromatic carbocycles. The number of amides is 1. The molecule has 0 unspecified atom stereocenters. The summed E-state index contributed by atoms with van der Waals surface area (Å²) in [5.41, 5.74) is 0.133. The van der Waals surface area contributed by atoms with E-state index in [0.717, 1.165) is 24.6 Å². The Morgan fingerprint density at radius 2 is 2.12 bits per heavy atom. The van der Waals surface area contributed by atoms with Gasteiger partial charge in [0, 0.05) is 19.3 Å². The predicted octanol–water partition coefficient (Wildman–Crippen LogP) is 4.31. The molecule has 0 bridgehead atoms. The molecule has 0 saturated carbocycles. The molecule has 5 rings (SSSR count). The van der Waals surface area contributed by atoms with Crippen LogP contribution in [0.4, 0.5) is 32.0 Å². The zero-order valence-electron chi connectivity index (χ0n) is 20.6. The smallest absolute Gasteiger partial charge is 0.393 e. The van der Waals surface area contributed by atoms with Crippen LogP contribution in [0.1, 0.15) is 28.4 Å². The van der Waals surface area contributed by atoms with Gasteiger partial charge >= 0.3 is 12.7 Å². The van der Waals surface area contributed by atoms with Crippen molar-refractivity contribution >= 4 is 33.0 Å². The van der Waals surface area contributed by atoms with Crippen LogP contribution < -0.4 is 20.7 Å². The van der Waals surface area contributed by atoms with Crippen molar-refractivity contribution in [3.05, 3.63) is 41.4 Å². The number of carbonyl (C=O) groups is 1. The molecular formula is C23H21F6N7O3S. The summed E-state index contributed by atoms with van der Waals surface area (Å²) in [5, 5.41) is 16.0. The molecule has 17 heteroatoms. The number of hydrogen-bond acceptors (Lipinski definition) is 9. The van der Waals surface area contributed by atoms with E-state index in [4.69, 9.17) is 9.26 Å². The quantitative estimate of drug-likeness (QED) is 0.247. The van der Waals surface area contributed by atoms with E-state index < -0.39 is 37.3 Å². The number of ether oxygens (including phenoxy) is 1. The van der Waals surface area contributed by atoms with Gasteiger partial charge in [0.25, 0.3) is 5.91 Å². The molecule has 3 aromatic heterocycles. The first-order valence-electron chi connectivity index (χ1n) is 11.8. The number of thiophene rings is 1. The Morgan fingerprint density at radius 1 is 1.32 bits per heavy atom. The number of fused-ring (bicyclic) bond motifs is 1. The summed E-state index contributed by atoms with van der Waals surface area (Å²) < 4.78 is 91.4. The highest BCUT2D eigenvalue weighted by molar-refractivity contribution is 7.23. The number of nitrogens with one attached hydrogen (secondary N) is 3. The maximum Gasteiger partial charge on any atom is 0.393 e. The highest BCUT2D eigenvalue weighted by Gasteiger charge is 2.33. The number of nitrogens with zero attached hydrogens (tertiary/aromatic N) is 4. The molecule has 0 aliphatic carbocycles. The van der Waals surface area contributed by atoms with Gasteiger partial charge in [-0.15, -0.1) is 16.4 Å². The lowest BCUT2D eigenvalue weighted by Crippen LogP contribution is -2.29. The largest absolute Gasteiger partial charge is 0.479 e. The number of halogens is 6. The topological polar surface area (TPSA) is 119 Å². The average molecular weight is 590 g/mol. The van der Waals surface area contributed by atoms with E-state index in [1.165, 1.54) is 6.07 Å². The lowest BCUT2D eigenvalue weighted by molar-refractivity contribution is -0.126. The maximum atomic E-state index is 14.2. The number of alkyl halides is 6. The van der Waals surface area contributed by atoms with E-state index in [9.17, 15) is 31.1 Å². The Hall–Kier alpha value is -3.86. The van der Waals surface area contributed by atoms with Crippen molar-refractivity contribution in [2.75, 3.05) is 25.5 Å². The van der Waals surface area contributed by atoms with Gasteiger partial charge in [0.05, 0.1) is 41.4 Å². The molecular weight excluding hydrogens is 568 g/mol. The number of hydrogen-bond donors (Lipinski definition) is 3. The third-order valence-corrected chi connectivity index (χ3v) is 7.36. The van der Waals surface area contributed by atoms with Crippen molar-refractivity contribution in [1.29, 1.82) is 0 Å². The monoisotopic (exact) mass is 589 g/mol. The molecule has 10 nitrogen and oxygen atoms in total. The average Bonchev–Trinajstić information content (AvgIpc) is 3.69. The minimum atomic E-state index is -4.55. The Balaban J connectivity index is 1.41. The van der Waals surface area contributed by atoms with E-state index in [2.05, 4.69) is 31.2 Å². The first kappa shape index (κ1) is 27.7. The van der Waals surface area contributed by atoms with E-state index >= 15 is 0 Å². The van der Waals surface area contributed by atoms with Crippen molar-refractivity contribution in [3.63, 3.8) is 0 Å². The number of anilines is 1. The van der Waals surface area contributed by atoms with Gasteiger partial charge in [-0.25, -0.2) is 9.07 Å². The minimum absolute atomic E-state index is 0.0713. The standard InChI is InChI=1S/C23H21F6N7O3S/c1-38-21-12(9-36(34-21)22(25)26)20(37)31-8-16-33-19(35-39-16)18-11(5-23(27,28)29)10-3-2-4-14(17(10)40-18)32-15-7-30-6-13(15)24/h2-4,9,13,15,22,30,32H,5-8H2,1H3,(H,31,37)/t13-,15+/m0/s1. The fourth-order valence-electron chi connectivity index (χ4n) is 4.28. The summed E-state index contributed by atoms with van der Waals surface area (Å²) in [6.07, 6.45) is -6.17. The molecule has 1 saturated heterocycles. The molecule has 1 fully saturated rings. The van der Waals surface area contributed by atoms with Crippen molar-refractivity contribution in [1.82, 2.24) is 30.6 Å². The van der Waals surface area contributed by atoms with Gasteiger partial charge in [-0.05, 0) is 17.0 Å². The van der Waals surface area contributed by atoms with Crippen LogP contribution in [0.5, 0.6) is 5.88 Å². The maximum absolute atomic E-state index is 14.2. The van der Waals surface area contributed by atoms with Gasteiger partial charge in [-0.1, -0.05) is 17.3 Å². The first-order chi connectivity index (χ1) is 19.0. The number of aromatic nitrogens is 4. The molecule has 0 radical (unpaired) electrons. The molecule has 3 N–H and O–H groups in total. The number of benzene rings is 1. The summed E-state index contributed by atoms with van der Waals surface area (Å²) in [4.78, 5) is 16.7. The third kappa shape index (κ3) is 5.70. The normalized spacial score (nSPS) is 17.6. The molecule has 4 heterocycles. The first-order valence-corrected chi connectivity index (χ1v) is 12.6. The van der Waals surface area contributed by atoms with Gasteiger partial charge in [-0.3, -0.25) is 4.79 Å². The Kier molecular flexibility index (Phi) is 7.59. The summed E-state index contributed by atoms with van der Waals surface area (Å²) >= 11 is 0.998. The summed E-state index contributed by atoms with van der Waals surface area (Å²) in [6, 6.07) is 4.23. The van der Waals surface area contributed by atoms with Crippen LogP contribution in [0, 0.1) is 0 Å².